The summed E-state index contributed by atoms with van der Waals surface area (Å²) in [6.07, 6.45) is 14.6. The minimum atomic E-state index is -0.417. The summed E-state index contributed by atoms with van der Waals surface area (Å²) in [7, 11) is 0. The Kier molecular flexibility index (Phi) is 23.0. The molecule has 0 radical (unpaired) electrons. The number of carbonyl (C=O) groups excluding carboxylic acids is 3. The summed E-state index contributed by atoms with van der Waals surface area (Å²) in [5.74, 6) is 5.79. The van der Waals surface area contributed by atoms with Crippen LogP contribution < -0.4 is 9.47 Å². The molecule has 5 saturated carbocycles. The van der Waals surface area contributed by atoms with E-state index in [0.717, 1.165) is 50.4 Å². The second-order valence-corrected chi connectivity index (χ2v) is 23.8. The van der Waals surface area contributed by atoms with Crippen molar-refractivity contribution in [2.24, 2.45) is 46.3 Å². The molecule has 0 saturated heterocycles. The largest absolute Gasteiger partial charge is 0.508 e. The molecule has 3 atom stereocenters. The van der Waals surface area contributed by atoms with Gasteiger partial charge in [0, 0.05) is 6.61 Å². The Labute approximate surface area is 442 Å². The Hall–Kier alpha value is -4.37. The third-order valence-electron chi connectivity index (χ3n) is 17.4. The average molecular weight is 1010 g/mol. The standard InChI is InChI=1S/C21H26O4.C19H32O2.C14H26O2.C10H14O/c1-5-15(3)17-11-13-18(14-12-17)21(22)25-20-10-8-7-9-19(20)24-16(4)23-6-2;1-6-18(4,5)17(20)21-19(12(2)3)15-8-13-7-14(10-15)11-16(19)9-13;1-6-13(4,5)12(15)16-14(11(2)3)9-7-8-10-14;1-3-8(2)9-4-6-10(11)7-5-9/h7-16H,5-6H2,1-4H3;12-16H,6-11H2,1-5H3;11H,6-10H2,1-5H3;4-8,11H,3H2,1-2H3. The molecule has 0 aromatic heterocycles. The van der Waals surface area contributed by atoms with Gasteiger partial charge in [0.15, 0.2) is 17.8 Å². The van der Waals surface area contributed by atoms with Crippen LogP contribution in [0.5, 0.6) is 17.2 Å². The van der Waals surface area contributed by atoms with Gasteiger partial charge in [-0.2, -0.15) is 0 Å². The molecule has 3 aromatic carbocycles. The van der Waals surface area contributed by atoms with Gasteiger partial charge in [-0.25, -0.2) is 4.79 Å². The van der Waals surface area contributed by atoms with Gasteiger partial charge in [0.2, 0.25) is 0 Å². The maximum atomic E-state index is 12.8. The molecule has 9 nitrogen and oxygen atoms in total. The van der Waals surface area contributed by atoms with Gasteiger partial charge in [-0.15, -0.1) is 0 Å². The zero-order chi connectivity index (χ0) is 54.3. The molecule has 5 aliphatic carbocycles. The number of ether oxygens (including phenoxy) is 5. The first-order valence-corrected chi connectivity index (χ1v) is 28.4. The fourth-order valence-corrected chi connectivity index (χ4v) is 11.3. The molecule has 0 amide bonds. The first kappa shape index (κ1) is 61.2. The molecular weight excluding hydrogens is 913 g/mol. The predicted octanol–water partition coefficient (Wildman–Crippen LogP) is 16.8. The summed E-state index contributed by atoms with van der Waals surface area (Å²) in [5.41, 5.74) is 1.99. The van der Waals surface area contributed by atoms with Gasteiger partial charge >= 0.3 is 17.9 Å². The quantitative estimate of drug-likeness (QED) is 0.0755. The van der Waals surface area contributed by atoms with Gasteiger partial charge in [-0.05, 0) is 220 Å². The van der Waals surface area contributed by atoms with E-state index in [9.17, 15) is 14.4 Å². The van der Waals surface area contributed by atoms with Crippen molar-refractivity contribution in [1.29, 1.82) is 0 Å². The normalized spacial score (nSPS) is 22.8. The minimum Gasteiger partial charge on any atom is -0.508 e. The fourth-order valence-electron chi connectivity index (χ4n) is 11.3. The van der Waals surface area contributed by atoms with Gasteiger partial charge in [0.25, 0.3) is 0 Å². The van der Waals surface area contributed by atoms with Crippen LogP contribution >= 0.6 is 0 Å². The van der Waals surface area contributed by atoms with E-state index in [1.807, 2.05) is 71.9 Å². The number of hydrogen-bond acceptors (Lipinski definition) is 9. The lowest BCUT2D eigenvalue weighted by atomic mass is 9.47. The third kappa shape index (κ3) is 16.1. The van der Waals surface area contributed by atoms with Crippen LogP contribution in [0.1, 0.15) is 228 Å². The molecule has 5 aliphatic rings. The van der Waals surface area contributed by atoms with Crippen molar-refractivity contribution in [2.45, 2.75) is 224 Å². The van der Waals surface area contributed by atoms with E-state index in [0.29, 0.717) is 64.9 Å². The van der Waals surface area contributed by atoms with Crippen molar-refractivity contribution < 1.29 is 43.2 Å². The number of esters is 3. The third-order valence-corrected chi connectivity index (χ3v) is 17.4. The van der Waals surface area contributed by atoms with Crippen molar-refractivity contribution in [3.05, 3.63) is 89.5 Å². The highest BCUT2D eigenvalue weighted by molar-refractivity contribution is 5.91. The Morgan fingerprint density at radius 3 is 1.48 bits per heavy atom. The van der Waals surface area contributed by atoms with Gasteiger partial charge in [0.1, 0.15) is 17.0 Å². The lowest BCUT2D eigenvalue weighted by Gasteiger charge is -2.62. The Balaban J connectivity index is 0.000000219. The SMILES string of the molecule is CCC(C)(C)C(=O)OC1(C(C)C)C2CC3CC(C2)CC1C3.CCC(C)(C)C(=O)OC1(C(C)C)CCCC1.CCC(C)c1ccc(O)cc1.CCOC(C)Oc1ccccc1OC(=O)c1ccc(C(C)CC)cc1. The van der Waals surface area contributed by atoms with Crippen molar-refractivity contribution in [3.63, 3.8) is 0 Å². The molecule has 408 valence electrons. The zero-order valence-corrected chi connectivity index (χ0v) is 48.2. The van der Waals surface area contributed by atoms with E-state index in [1.165, 1.54) is 56.1 Å². The number of aromatic hydroxyl groups is 1. The topological polar surface area (TPSA) is 118 Å². The Morgan fingerprint density at radius 1 is 0.603 bits per heavy atom. The highest BCUT2D eigenvalue weighted by Crippen LogP contribution is 2.62. The van der Waals surface area contributed by atoms with Gasteiger partial charge < -0.3 is 28.8 Å². The van der Waals surface area contributed by atoms with Crippen molar-refractivity contribution in [3.8, 4) is 17.2 Å². The van der Waals surface area contributed by atoms with Crippen molar-refractivity contribution >= 4 is 17.9 Å². The number of para-hydroxylation sites is 2. The van der Waals surface area contributed by atoms with Crippen molar-refractivity contribution in [1.82, 2.24) is 0 Å². The van der Waals surface area contributed by atoms with Crippen LogP contribution in [0.3, 0.4) is 0 Å². The Bertz CT molecular complexity index is 2120. The molecule has 5 fully saturated rings. The van der Waals surface area contributed by atoms with Gasteiger partial charge in [-0.3, -0.25) is 9.59 Å². The van der Waals surface area contributed by atoms with E-state index in [-0.39, 0.29) is 34.0 Å². The number of phenols is 1. The molecular formula is C64H98O9. The van der Waals surface area contributed by atoms with Gasteiger partial charge in [0.05, 0.1) is 16.4 Å². The van der Waals surface area contributed by atoms with Crippen LogP contribution in [0.2, 0.25) is 0 Å². The lowest BCUT2D eigenvalue weighted by Crippen LogP contribution is -2.63. The van der Waals surface area contributed by atoms with E-state index in [2.05, 4.69) is 62.3 Å². The number of rotatable bonds is 18. The van der Waals surface area contributed by atoms with E-state index in [4.69, 9.17) is 28.8 Å². The first-order chi connectivity index (χ1) is 34.4. The van der Waals surface area contributed by atoms with Crippen LogP contribution in [-0.2, 0) is 23.8 Å². The fraction of sp³-hybridized carbons (Fsp3) is 0.672. The van der Waals surface area contributed by atoms with Crippen LogP contribution in [0.15, 0.2) is 72.8 Å². The number of carbonyl (C=O) groups is 3. The summed E-state index contributed by atoms with van der Waals surface area (Å²) in [4.78, 5) is 37.3. The summed E-state index contributed by atoms with van der Waals surface area (Å²) in [5, 5.41) is 9.01. The Morgan fingerprint density at radius 2 is 1.05 bits per heavy atom. The van der Waals surface area contributed by atoms with E-state index >= 15 is 0 Å². The molecule has 8 rings (SSSR count). The molecule has 3 aromatic rings. The highest BCUT2D eigenvalue weighted by atomic mass is 16.7. The summed E-state index contributed by atoms with van der Waals surface area (Å²) in [6, 6.07) is 22.1. The monoisotopic (exact) mass is 1010 g/mol. The smallest absolute Gasteiger partial charge is 0.343 e. The second-order valence-electron chi connectivity index (χ2n) is 23.8. The van der Waals surface area contributed by atoms with Gasteiger partial charge in [-0.1, -0.05) is 106 Å². The van der Waals surface area contributed by atoms with Crippen LogP contribution in [-0.4, -0.2) is 47.1 Å². The summed E-state index contributed by atoms with van der Waals surface area (Å²) < 4.78 is 28.9. The molecule has 3 unspecified atom stereocenters. The van der Waals surface area contributed by atoms with E-state index in [1.54, 1.807) is 49.4 Å². The second kappa shape index (κ2) is 27.4. The predicted molar refractivity (Wildman–Crippen MR) is 296 cm³/mol. The molecule has 1 N–H and O–H groups in total. The molecule has 0 spiro atoms. The molecule has 9 heteroatoms. The zero-order valence-electron chi connectivity index (χ0n) is 48.2. The average Bonchev–Trinajstić information content (AvgIpc) is 3.85. The highest BCUT2D eigenvalue weighted by Gasteiger charge is 2.61. The van der Waals surface area contributed by atoms with Crippen molar-refractivity contribution in [2.75, 3.05) is 6.61 Å². The number of hydrogen-bond donors (Lipinski definition) is 1. The number of phenolic OH excluding ortho intramolecular Hbond substituents is 1. The lowest BCUT2D eigenvalue weighted by molar-refractivity contribution is -0.231. The molecule has 0 aliphatic heterocycles. The maximum absolute atomic E-state index is 12.8. The first-order valence-electron chi connectivity index (χ1n) is 28.4. The molecule has 73 heavy (non-hydrogen) atoms. The number of benzene rings is 3. The van der Waals surface area contributed by atoms with Crippen LogP contribution in [0.25, 0.3) is 0 Å². The van der Waals surface area contributed by atoms with E-state index < -0.39 is 12.3 Å². The molecule has 4 bridgehead atoms. The summed E-state index contributed by atoms with van der Waals surface area (Å²) in [6.45, 7) is 33.9. The maximum Gasteiger partial charge on any atom is 0.343 e. The minimum absolute atomic E-state index is 0.0226. The van der Waals surface area contributed by atoms with Crippen LogP contribution in [0, 0.1) is 46.3 Å². The summed E-state index contributed by atoms with van der Waals surface area (Å²) >= 11 is 0. The molecule has 0 heterocycles. The van der Waals surface area contributed by atoms with Crippen LogP contribution in [0.4, 0.5) is 0 Å².